The van der Waals surface area contributed by atoms with Crippen LogP contribution < -0.4 is 5.32 Å². The summed E-state index contributed by atoms with van der Waals surface area (Å²) in [4.78, 5) is 16.3. The van der Waals surface area contributed by atoms with E-state index in [4.69, 9.17) is 0 Å². The zero-order valence-corrected chi connectivity index (χ0v) is 12.7. The Kier molecular flexibility index (Phi) is 3.57. The molecule has 0 aliphatic carbocycles. The summed E-state index contributed by atoms with van der Waals surface area (Å²) >= 11 is 0. The first-order valence-electron chi connectivity index (χ1n) is 7.92. The summed E-state index contributed by atoms with van der Waals surface area (Å²) in [6.07, 6.45) is 5.20. The van der Waals surface area contributed by atoms with Crippen LogP contribution in [0.1, 0.15) is 23.2 Å². The molecule has 0 saturated carbocycles. The van der Waals surface area contributed by atoms with E-state index in [9.17, 15) is 9.18 Å². The molecule has 4 rings (SSSR count). The Hall–Kier alpha value is -2.28. The van der Waals surface area contributed by atoms with E-state index in [1.165, 1.54) is 29.3 Å². The van der Waals surface area contributed by atoms with Crippen LogP contribution in [0.25, 0.3) is 5.69 Å². The van der Waals surface area contributed by atoms with E-state index in [0.29, 0.717) is 23.7 Å². The van der Waals surface area contributed by atoms with Gasteiger partial charge in [-0.2, -0.15) is 15.0 Å². The number of hydrogen-bond acceptors (Lipinski definition) is 4. The van der Waals surface area contributed by atoms with Crippen molar-refractivity contribution in [2.24, 2.45) is 5.92 Å². The maximum atomic E-state index is 13.8. The number of nitrogens with one attached hydrogen (secondary N) is 1. The van der Waals surface area contributed by atoms with Gasteiger partial charge in [0.15, 0.2) is 0 Å². The lowest BCUT2D eigenvalue weighted by Crippen LogP contribution is -2.48. The molecule has 1 amide bonds. The molecule has 2 aromatic rings. The zero-order chi connectivity index (χ0) is 15.8. The van der Waals surface area contributed by atoms with Crippen LogP contribution in [0.15, 0.2) is 30.6 Å². The summed E-state index contributed by atoms with van der Waals surface area (Å²) < 4.78 is 13.8. The van der Waals surface area contributed by atoms with Crippen molar-refractivity contribution in [3.8, 4) is 5.69 Å². The van der Waals surface area contributed by atoms with Crippen LogP contribution in [0, 0.1) is 11.7 Å². The number of carbonyl (C=O) groups is 1. The van der Waals surface area contributed by atoms with Gasteiger partial charge in [0.25, 0.3) is 5.91 Å². The summed E-state index contributed by atoms with van der Waals surface area (Å²) in [5.74, 6) is -0.0786. The first-order chi connectivity index (χ1) is 11.2. The topological polar surface area (TPSA) is 63.1 Å². The van der Waals surface area contributed by atoms with Gasteiger partial charge in [-0.15, -0.1) is 0 Å². The van der Waals surface area contributed by atoms with Gasteiger partial charge in [-0.1, -0.05) is 0 Å². The molecule has 0 radical (unpaired) electrons. The van der Waals surface area contributed by atoms with Gasteiger partial charge in [-0.25, -0.2) is 4.39 Å². The van der Waals surface area contributed by atoms with Gasteiger partial charge in [0.2, 0.25) is 0 Å². The van der Waals surface area contributed by atoms with Crippen LogP contribution in [0.3, 0.4) is 0 Å². The summed E-state index contributed by atoms with van der Waals surface area (Å²) in [7, 11) is 0. The fourth-order valence-corrected chi connectivity index (χ4v) is 3.67. The molecule has 120 valence electrons. The standard InChI is InChI=1S/C16H18FN5O/c17-12-3-4-14(22-19-5-6-20-22)13(8-12)16(23)21-7-1-2-11-9-18-10-15(11)21/h3-6,8,11,15,18H,1-2,7,9-10H2/t11-,15+/m1/s1. The fourth-order valence-electron chi connectivity index (χ4n) is 3.67. The Labute approximate surface area is 133 Å². The van der Waals surface area contributed by atoms with Crippen LogP contribution in [-0.2, 0) is 0 Å². The predicted molar refractivity (Wildman–Crippen MR) is 81.7 cm³/mol. The molecule has 3 heterocycles. The molecule has 0 unspecified atom stereocenters. The maximum absolute atomic E-state index is 13.8. The minimum Gasteiger partial charge on any atom is -0.334 e. The van der Waals surface area contributed by atoms with Gasteiger partial charge in [0.05, 0.1) is 23.6 Å². The summed E-state index contributed by atoms with van der Waals surface area (Å²) in [5.41, 5.74) is 0.822. The van der Waals surface area contributed by atoms with E-state index in [2.05, 4.69) is 15.5 Å². The third-order valence-corrected chi connectivity index (χ3v) is 4.76. The Bertz CT molecular complexity index is 717. The first kappa shape index (κ1) is 14.3. The predicted octanol–water partition coefficient (Wildman–Crippen LogP) is 1.23. The highest BCUT2D eigenvalue weighted by molar-refractivity contribution is 5.98. The SMILES string of the molecule is O=C(c1cc(F)ccc1-n1nccn1)N1CCC[C@@H]2CNC[C@@H]21. The first-order valence-corrected chi connectivity index (χ1v) is 7.92. The monoisotopic (exact) mass is 315 g/mol. The number of amides is 1. The van der Waals surface area contributed by atoms with E-state index in [1.807, 2.05) is 4.90 Å². The quantitative estimate of drug-likeness (QED) is 0.905. The number of likely N-dealkylation sites (tertiary alicyclic amines) is 1. The van der Waals surface area contributed by atoms with Crippen molar-refractivity contribution in [3.05, 3.63) is 42.0 Å². The molecular weight excluding hydrogens is 297 g/mol. The number of benzene rings is 1. The normalized spacial score (nSPS) is 23.8. The largest absolute Gasteiger partial charge is 0.334 e. The second-order valence-corrected chi connectivity index (χ2v) is 6.11. The average molecular weight is 315 g/mol. The van der Waals surface area contributed by atoms with Gasteiger partial charge in [-0.3, -0.25) is 4.79 Å². The molecular formula is C16H18FN5O. The smallest absolute Gasteiger partial charge is 0.256 e. The molecule has 7 heteroatoms. The molecule has 0 bridgehead atoms. The van der Waals surface area contributed by atoms with Gasteiger partial charge < -0.3 is 10.2 Å². The van der Waals surface area contributed by atoms with Crippen LogP contribution in [0.4, 0.5) is 4.39 Å². The van der Waals surface area contributed by atoms with Gasteiger partial charge >= 0.3 is 0 Å². The number of carbonyl (C=O) groups excluding carboxylic acids is 1. The number of nitrogens with zero attached hydrogens (tertiary/aromatic N) is 4. The number of rotatable bonds is 2. The van der Waals surface area contributed by atoms with Gasteiger partial charge in [0, 0.05) is 25.7 Å². The van der Waals surface area contributed by atoms with Crippen molar-refractivity contribution in [1.82, 2.24) is 25.2 Å². The number of aromatic nitrogens is 3. The summed E-state index contributed by atoms with van der Waals surface area (Å²) in [5, 5.41) is 11.5. The number of halogens is 1. The average Bonchev–Trinajstić information content (AvgIpc) is 3.25. The van der Waals surface area contributed by atoms with Crippen LogP contribution >= 0.6 is 0 Å². The van der Waals surface area contributed by atoms with Crippen LogP contribution in [0.2, 0.25) is 0 Å². The van der Waals surface area contributed by atoms with Gasteiger partial charge in [-0.05, 0) is 37.0 Å². The van der Waals surface area contributed by atoms with Gasteiger partial charge in [0.1, 0.15) is 5.82 Å². The second-order valence-electron chi connectivity index (χ2n) is 6.11. The number of hydrogen-bond donors (Lipinski definition) is 1. The minimum atomic E-state index is -0.428. The van der Waals surface area contributed by atoms with Crippen LogP contribution in [-0.4, -0.2) is 51.5 Å². The molecule has 1 aromatic carbocycles. The lowest BCUT2D eigenvalue weighted by atomic mass is 9.91. The van der Waals surface area contributed by atoms with E-state index >= 15 is 0 Å². The highest BCUT2D eigenvalue weighted by atomic mass is 19.1. The lowest BCUT2D eigenvalue weighted by Gasteiger charge is -2.37. The van der Waals surface area contributed by atoms with Crippen molar-refractivity contribution in [3.63, 3.8) is 0 Å². The third-order valence-electron chi connectivity index (χ3n) is 4.76. The lowest BCUT2D eigenvalue weighted by molar-refractivity contribution is 0.0574. The summed E-state index contributed by atoms with van der Waals surface area (Å²) in [6.45, 7) is 2.47. The van der Waals surface area contributed by atoms with Crippen molar-refractivity contribution < 1.29 is 9.18 Å². The highest BCUT2D eigenvalue weighted by Crippen LogP contribution is 2.29. The molecule has 1 N–H and O–H groups in total. The van der Waals surface area contributed by atoms with Crippen molar-refractivity contribution >= 4 is 5.91 Å². The minimum absolute atomic E-state index is 0.143. The fraction of sp³-hybridized carbons (Fsp3) is 0.438. The molecule has 2 fully saturated rings. The molecule has 2 saturated heterocycles. The molecule has 2 aliphatic heterocycles. The molecule has 2 aliphatic rings. The molecule has 6 nitrogen and oxygen atoms in total. The van der Waals surface area contributed by atoms with Crippen molar-refractivity contribution in [2.45, 2.75) is 18.9 Å². The maximum Gasteiger partial charge on any atom is 0.256 e. The Morgan fingerprint density at radius 3 is 2.91 bits per heavy atom. The number of fused-ring (bicyclic) bond motifs is 1. The second kappa shape index (κ2) is 5.73. The third kappa shape index (κ3) is 2.50. The Morgan fingerprint density at radius 2 is 2.09 bits per heavy atom. The van der Waals surface area contributed by atoms with Crippen molar-refractivity contribution in [2.75, 3.05) is 19.6 Å². The zero-order valence-electron chi connectivity index (χ0n) is 12.7. The van der Waals surface area contributed by atoms with E-state index in [1.54, 1.807) is 6.07 Å². The molecule has 1 aromatic heterocycles. The van der Waals surface area contributed by atoms with Crippen molar-refractivity contribution in [1.29, 1.82) is 0 Å². The van der Waals surface area contributed by atoms with Crippen LogP contribution in [0.5, 0.6) is 0 Å². The molecule has 2 atom stereocenters. The Morgan fingerprint density at radius 1 is 1.26 bits per heavy atom. The van der Waals surface area contributed by atoms with E-state index in [-0.39, 0.29) is 11.9 Å². The highest BCUT2D eigenvalue weighted by Gasteiger charge is 2.38. The Balaban J connectivity index is 1.72. The van der Waals surface area contributed by atoms with E-state index < -0.39 is 5.82 Å². The molecule has 0 spiro atoms. The number of piperidine rings is 1. The summed E-state index contributed by atoms with van der Waals surface area (Å²) in [6, 6.07) is 4.35. The molecule has 23 heavy (non-hydrogen) atoms. The van der Waals surface area contributed by atoms with E-state index in [0.717, 1.165) is 25.9 Å².